The van der Waals surface area contributed by atoms with Crippen LogP contribution in [0.3, 0.4) is 0 Å². The highest BCUT2D eigenvalue weighted by atomic mass is 16.5. The second-order valence-electron chi connectivity index (χ2n) is 4.39. The van der Waals surface area contributed by atoms with Gasteiger partial charge in [-0.3, -0.25) is 0 Å². The molecule has 0 spiro atoms. The van der Waals surface area contributed by atoms with E-state index in [1.807, 2.05) is 37.3 Å². The highest BCUT2D eigenvalue weighted by Crippen LogP contribution is 2.31. The van der Waals surface area contributed by atoms with Gasteiger partial charge in [0.05, 0.1) is 5.69 Å². The van der Waals surface area contributed by atoms with Crippen LogP contribution in [-0.4, -0.2) is 10.3 Å². The molecule has 0 amide bonds. The summed E-state index contributed by atoms with van der Waals surface area (Å²) in [4.78, 5) is 0. The Morgan fingerprint density at radius 3 is 2.58 bits per heavy atom. The van der Waals surface area contributed by atoms with Crippen molar-refractivity contribution in [1.82, 2.24) is 5.16 Å². The van der Waals surface area contributed by atoms with Gasteiger partial charge in [0.15, 0.2) is 17.3 Å². The van der Waals surface area contributed by atoms with Crippen LogP contribution in [0.5, 0.6) is 11.5 Å². The number of phenolic OH excluding ortho intramolecular Hbond substituents is 1. The summed E-state index contributed by atoms with van der Waals surface area (Å²) in [6, 6.07) is 13.1. The lowest BCUT2D eigenvalue weighted by Gasteiger charge is -2.07. The number of hydrogen-bond donors (Lipinski definition) is 1. The van der Waals surface area contributed by atoms with Crippen LogP contribution in [0.25, 0.3) is 10.8 Å². The fourth-order valence-electron chi connectivity index (χ4n) is 1.96. The number of hydrogen-bond acceptors (Lipinski definition) is 4. The first-order valence-electron chi connectivity index (χ1n) is 5.99. The van der Waals surface area contributed by atoms with E-state index in [2.05, 4.69) is 5.16 Å². The van der Waals surface area contributed by atoms with E-state index in [0.717, 1.165) is 16.5 Å². The van der Waals surface area contributed by atoms with Crippen LogP contribution in [0.2, 0.25) is 0 Å². The van der Waals surface area contributed by atoms with Crippen LogP contribution in [-0.2, 0) is 6.61 Å². The normalized spacial score (nSPS) is 10.8. The number of aromatic hydroxyl groups is 1. The Hall–Kier alpha value is -2.49. The Morgan fingerprint density at radius 2 is 1.89 bits per heavy atom. The molecule has 4 heteroatoms. The molecule has 0 fully saturated rings. The van der Waals surface area contributed by atoms with Crippen LogP contribution in [0.4, 0.5) is 0 Å². The van der Waals surface area contributed by atoms with Gasteiger partial charge in [0.25, 0.3) is 0 Å². The molecule has 1 heterocycles. The van der Waals surface area contributed by atoms with Crippen molar-refractivity contribution in [2.75, 3.05) is 0 Å². The minimum atomic E-state index is 0.120. The van der Waals surface area contributed by atoms with Crippen molar-refractivity contribution < 1.29 is 14.4 Å². The second kappa shape index (κ2) is 4.65. The lowest BCUT2D eigenvalue weighted by Crippen LogP contribution is -1.94. The molecule has 0 atom stereocenters. The molecule has 0 saturated carbocycles. The zero-order chi connectivity index (χ0) is 13.2. The van der Waals surface area contributed by atoms with Gasteiger partial charge < -0.3 is 14.4 Å². The van der Waals surface area contributed by atoms with Crippen molar-refractivity contribution >= 4 is 10.8 Å². The lowest BCUT2D eigenvalue weighted by molar-refractivity contribution is 0.241. The Kier molecular flexibility index (Phi) is 2.83. The third-order valence-electron chi connectivity index (χ3n) is 2.87. The number of benzene rings is 2. The van der Waals surface area contributed by atoms with Crippen molar-refractivity contribution in [3.8, 4) is 11.5 Å². The fourth-order valence-corrected chi connectivity index (χ4v) is 1.96. The van der Waals surface area contributed by atoms with Gasteiger partial charge in [-0.2, -0.15) is 0 Å². The van der Waals surface area contributed by atoms with Gasteiger partial charge in [0, 0.05) is 6.07 Å². The summed E-state index contributed by atoms with van der Waals surface area (Å²) in [5.74, 6) is 1.19. The molecular weight excluding hydrogens is 242 g/mol. The lowest BCUT2D eigenvalue weighted by atomic mass is 10.1. The van der Waals surface area contributed by atoms with Crippen LogP contribution >= 0.6 is 0 Å². The minimum absolute atomic E-state index is 0.120. The molecule has 4 nitrogen and oxygen atoms in total. The average molecular weight is 255 g/mol. The molecular formula is C15H13NO3. The smallest absolute Gasteiger partial charge is 0.174 e. The molecule has 1 aromatic heterocycles. The number of aryl methyl sites for hydroxylation is 1. The van der Waals surface area contributed by atoms with Crippen molar-refractivity contribution in [1.29, 1.82) is 0 Å². The van der Waals surface area contributed by atoms with E-state index >= 15 is 0 Å². The number of nitrogens with zero attached hydrogens (tertiary/aromatic N) is 1. The Bertz CT molecular complexity index is 718. The maximum absolute atomic E-state index is 9.92. The van der Waals surface area contributed by atoms with Gasteiger partial charge in [-0.1, -0.05) is 29.4 Å². The summed E-state index contributed by atoms with van der Waals surface area (Å²) in [6.45, 7) is 2.09. The summed E-state index contributed by atoms with van der Waals surface area (Å²) in [6.07, 6.45) is 0. The van der Waals surface area contributed by atoms with Gasteiger partial charge in [0.2, 0.25) is 0 Å². The first-order chi connectivity index (χ1) is 9.22. The predicted octanol–water partition coefficient (Wildman–Crippen LogP) is 3.42. The standard InChI is InChI=1S/C15H13NO3/c1-10-6-13(19-16-10)9-18-15-8-12-5-3-2-4-11(12)7-14(15)17/h2-8,17H,9H2,1H3. The number of aromatic nitrogens is 1. The molecule has 96 valence electrons. The van der Waals surface area contributed by atoms with Gasteiger partial charge in [-0.25, -0.2) is 0 Å². The molecule has 0 saturated heterocycles. The van der Waals surface area contributed by atoms with Gasteiger partial charge in [-0.15, -0.1) is 0 Å². The summed E-state index contributed by atoms with van der Waals surface area (Å²) < 4.78 is 10.6. The highest BCUT2D eigenvalue weighted by molar-refractivity contribution is 5.85. The summed E-state index contributed by atoms with van der Waals surface area (Å²) in [5, 5.41) is 15.7. The van der Waals surface area contributed by atoms with Crippen molar-refractivity contribution in [3.63, 3.8) is 0 Å². The largest absolute Gasteiger partial charge is 0.504 e. The maximum atomic E-state index is 9.92. The maximum Gasteiger partial charge on any atom is 0.174 e. The first kappa shape index (κ1) is 11.6. The van der Waals surface area contributed by atoms with Crippen molar-refractivity contribution in [2.45, 2.75) is 13.5 Å². The Balaban J connectivity index is 1.86. The van der Waals surface area contributed by atoms with E-state index in [4.69, 9.17) is 9.26 Å². The average Bonchev–Trinajstić information content (AvgIpc) is 2.82. The van der Waals surface area contributed by atoms with Gasteiger partial charge >= 0.3 is 0 Å². The number of ether oxygens (including phenoxy) is 1. The molecule has 0 aliphatic heterocycles. The molecule has 0 radical (unpaired) electrons. The number of rotatable bonds is 3. The first-order valence-corrected chi connectivity index (χ1v) is 5.99. The van der Waals surface area contributed by atoms with Crippen LogP contribution < -0.4 is 4.74 Å². The van der Waals surface area contributed by atoms with Crippen LogP contribution in [0, 0.1) is 6.92 Å². The van der Waals surface area contributed by atoms with Crippen molar-refractivity contribution in [3.05, 3.63) is 53.9 Å². The van der Waals surface area contributed by atoms with E-state index in [1.165, 1.54) is 0 Å². The van der Waals surface area contributed by atoms with E-state index in [1.54, 1.807) is 12.1 Å². The van der Waals surface area contributed by atoms with Crippen LogP contribution in [0.15, 0.2) is 47.0 Å². The van der Waals surface area contributed by atoms with E-state index in [0.29, 0.717) is 11.5 Å². The van der Waals surface area contributed by atoms with E-state index in [-0.39, 0.29) is 12.4 Å². The van der Waals surface area contributed by atoms with Gasteiger partial charge in [-0.05, 0) is 29.8 Å². The summed E-state index contributed by atoms with van der Waals surface area (Å²) in [7, 11) is 0. The SMILES string of the molecule is Cc1cc(COc2cc3ccccc3cc2O)on1. The topological polar surface area (TPSA) is 55.5 Å². The molecule has 1 N–H and O–H groups in total. The third-order valence-corrected chi connectivity index (χ3v) is 2.87. The number of fused-ring (bicyclic) bond motifs is 1. The van der Waals surface area contributed by atoms with Crippen LogP contribution in [0.1, 0.15) is 11.5 Å². The molecule has 0 aliphatic carbocycles. The van der Waals surface area contributed by atoms with Crippen molar-refractivity contribution in [2.24, 2.45) is 0 Å². The molecule has 0 aliphatic rings. The Morgan fingerprint density at radius 1 is 1.16 bits per heavy atom. The fraction of sp³-hybridized carbons (Fsp3) is 0.133. The zero-order valence-electron chi connectivity index (χ0n) is 10.5. The number of phenols is 1. The highest BCUT2D eigenvalue weighted by Gasteiger charge is 2.07. The Labute approximate surface area is 110 Å². The van der Waals surface area contributed by atoms with Gasteiger partial charge in [0.1, 0.15) is 6.61 Å². The van der Waals surface area contributed by atoms with E-state index in [9.17, 15) is 5.11 Å². The summed E-state index contributed by atoms with van der Waals surface area (Å²) in [5.41, 5.74) is 0.807. The molecule has 3 aromatic rings. The molecule has 2 aromatic carbocycles. The molecule has 0 unspecified atom stereocenters. The molecule has 0 bridgehead atoms. The monoisotopic (exact) mass is 255 g/mol. The third kappa shape index (κ3) is 2.38. The quantitative estimate of drug-likeness (QED) is 0.779. The van der Waals surface area contributed by atoms with E-state index < -0.39 is 0 Å². The minimum Gasteiger partial charge on any atom is -0.504 e. The zero-order valence-corrected chi connectivity index (χ0v) is 10.5. The predicted molar refractivity (Wildman–Crippen MR) is 71.2 cm³/mol. The summed E-state index contributed by atoms with van der Waals surface area (Å²) >= 11 is 0. The second-order valence-corrected chi connectivity index (χ2v) is 4.39. The molecule has 3 rings (SSSR count). The molecule has 19 heavy (non-hydrogen) atoms.